The summed E-state index contributed by atoms with van der Waals surface area (Å²) in [4.78, 5) is 15.0. The smallest absolute Gasteiger partial charge is 0.246 e. The molecule has 3 rings (SSSR count). The van der Waals surface area contributed by atoms with Crippen molar-refractivity contribution in [3.63, 3.8) is 0 Å². The molecule has 1 saturated heterocycles. The van der Waals surface area contributed by atoms with E-state index in [1.54, 1.807) is 7.05 Å². The highest BCUT2D eigenvalue weighted by atomic mass is 35.5. The van der Waals surface area contributed by atoms with Gasteiger partial charge in [-0.25, -0.2) is 4.39 Å². The summed E-state index contributed by atoms with van der Waals surface area (Å²) in [5, 5.41) is 2.66. The van der Waals surface area contributed by atoms with Crippen molar-refractivity contribution in [1.82, 2.24) is 13.9 Å². The molecule has 1 amide bonds. The predicted octanol–water partition coefficient (Wildman–Crippen LogP) is 3.36. The average molecular weight is 483 g/mol. The van der Waals surface area contributed by atoms with Gasteiger partial charge >= 0.3 is 0 Å². The van der Waals surface area contributed by atoms with E-state index in [1.807, 2.05) is 38.4 Å². The van der Waals surface area contributed by atoms with Crippen molar-refractivity contribution in [3.05, 3.63) is 58.9 Å². The first-order valence-corrected chi connectivity index (χ1v) is 11.8. The normalized spacial score (nSPS) is 21.5. The lowest BCUT2D eigenvalue weighted by Crippen LogP contribution is -2.55. The largest absolute Gasteiger partial charge is 0.579 e. The topological polar surface area (TPSA) is 79.9 Å². The van der Waals surface area contributed by atoms with Crippen LogP contribution in [-0.2, 0) is 16.3 Å². The van der Waals surface area contributed by atoms with E-state index in [1.165, 1.54) is 22.5 Å². The number of carbonyl (C=O) groups is 1. The number of rotatable bonds is 8. The molecule has 2 N–H and O–H groups in total. The number of amides is 1. The van der Waals surface area contributed by atoms with Crippen LogP contribution < -0.4 is 14.8 Å². The minimum Gasteiger partial charge on any atom is -0.579 e. The zero-order valence-corrected chi connectivity index (χ0v) is 19.9. The van der Waals surface area contributed by atoms with Gasteiger partial charge in [-0.05, 0) is 56.4 Å². The van der Waals surface area contributed by atoms with Crippen LogP contribution in [0.25, 0.3) is 0 Å². The van der Waals surface area contributed by atoms with E-state index in [0.29, 0.717) is 18.7 Å². The molecule has 0 aromatic heterocycles. The Bertz CT molecular complexity index is 936. The molecule has 0 aliphatic carbocycles. The van der Waals surface area contributed by atoms with Gasteiger partial charge < -0.3 is 19.5 Å². The highest BCUT2D eigenvalue weighted by molar-refractivity contribution is 7.87. The van der Waals surface area contributed by atoms with Crippen LogP contribution in [0.2, 0.25) is 5.02 Å². The van der Waals surface area contributed by atoms with Gasteiger partial charge in [0.1, 0.15) is 29.2 Å². The summed E-state index contributed by atoms with van der Waals surface area (Å²) in [5.41, 5.74) is 1.27. The fraction of sp³-hybridized carbons (Fsp3) is 0.409. The number of carbonyl (C=O) groups excluding carboxylic acids is 1. The lowest BCUT2D eigenvalue weighted by Gasteiger charge is -2.36. The van der Waals surface area contributed by atoms with Gasteiger partial charge in [-0.2, -0.15) is 0 Å². The SMILES string of the molecule is CN(C)CCCOc1cccc(C2CC(C(=O)Nc3ccc(F)c(Cl)c3)N(C)[S+]([O-])N2)c1. The van der Waals surface area contributed by atoms with Crippen molar-refractivity contribution < 1.29 is 18.5 Å². The monoisotopic (exact) mass is 482 g/mol. The van der Waals surface area contributed by atoms with Crippen molar-refractivity contribution in [1.29, 1.82) is 0 Å². The second-order valence-electron chi connectivity index (χ2n) is 7.91. The zero-order chi connectivity index (χ0) is 23.3. The van der Waals surface area contributed by atoms with Crippen molar-refractivity contribution in [2.45, 2.75) is 24.9 Å². The molecule has 10 heteroatoms. The molecule has 7 nitrogen and oxygen atoms in total. The van der Waals surface area contributed by atoms with Crippen LogP contribution in [0.15, 0.2) is 42.5 Å². The number of hydrogen-bond donors (Lipinski definition) is 2. The predicted molar refractivity (Wildman–Crippen MR) is 125 cm³/mol. The Morgan fingerprint density at radius 1 is 1.38 bits per heavy atom. The molecule has 2 aromatic carbocycles. The lowest BCUT2D eigenvalue weighted by atomic mass is 9.99. The number of halogens is 2. The van der Waals surface area contributed by atoms with Gasteiger partial charge in [-0.1, -0.05) is 28.0 Å². The molecule has 0 radical (unpaired) electrons. The molecule has 1 heterocycles. The van der Waals surface area contributed by atoms with Crippen molar-refractivity contribution in [2.75, 3.05) is 39.6 Å². The molecule has 1 aliphatic heterocycles. The minimum atomic E-state index is -1.56. The van der Waals surface area contributed by atoms with Crippen molar-refractivity contribution in [2.24, 2.45) is 0 Å². The second-order valence-corrected chi connectivity index (χ2v) is 9.63. The summed E-state index contributed by atoms with van der Waals surface area (Å²) in [6.07, 6.45) is 1.30. The number of hydrogen-bond acceptors (Lipinski definition) is 6. The first-order valence-electron chi connectivity index (χ1n) is 10.3. The zero-order valence-electron chi connectivity index (χ0n) is 18.3. The van der Waals surface area contributed by atoms with Gasteiger partial charge in [0, 0.05) is 25.7 Å². The van der Waals surface area contributed by atoms with Crippen LogP contribution in [0, 0.1) is 5.82 Å². The quantitative estimate of drug-likeness (QED) is 0.443. The summed E-state index contributed by atoms with van der Waals surface area (Å²) in [7, 11) is 5.65. The summed E-state index contributed by atoms with van der Waals surface area (Å²) in [6.45, 7) is 1.53. The van der Waals surface area contributed by atoms with Crippen LogP contribution in [0.5, 0.6) is 5.75 Å². The molecule has 0 spiro atoms. The maximum atomic E-state index is 13.4. The Morgan fingerprint density at radius 2 is 2.16 bits per heavy atom. The van der Waals surface area contributed by atoms with E-state index in [0.717, 1.165) is 24.3 Å². The Kier molecular flexibility index (Phi) is 8.75. The number of benzene rings is 2. The molecule has 0 saturated carbocycles. The summed E-state index contributed by atoms with van der Waals surface area (Å²) < 4.78 is 36.4. The number of ether oxygens (including phenoxy) is 1. The second kappa shape index (κ2) is 11.3. The summed E-state index contributed by atoms with van der Waals surface area (Å²) in [5.74, 6) is -0.172. The van der Waals surface area contributed by atoms with Gasteiger partial charge in [0.2, 0.25) is 5.91 Å². The Hall–Kier alpha value is -1.88. The highest BCUT2D eigenvalue weighted by Gasteiger charge is 2.41. The van der Waals surface area contributed by atoms with E-state index < -0.39 is 23.4 Å². The molecule has 3 atom stereocenters. The number of nitrogens with zero attached hydrogens (tertiary/aromatic N) is 2. The number of likely N-dealkylation sites (N-methyl/N-ethyl adjacent to an activating group) is 1. The maximum absolute atomic E-state index is 13.4. The molecule has 3 unspecified atom stereocenters. The van der Waals surface area contributed by atoms with E-state index in [9.17, 15) is 13.7 Å². The average Bonchev–Trinajstić information content (AvgIpc) is 2.75. The molecule has 174 valence electrons. The standard InChI is InChI=1S/C22H28ClFN4O3S/c1-27(2)10-5-11-31-17-7-4-6-15(12-17)20-14-21(28(3)32(30)26-20)22(29)25-16-8-9-19(24)18(23)13-16/h4,6-9,12-13,20-21,26H,5,10-11,14H2,1-3H3,(H,25,29). The van der Waals surface area contributed by atoms with E-state index in [2.05, 4.69) is 14.9 Å². The maximum Gasteiger partial charge on any atom is 0.246 e. The van der Waals surface area contributed by atoms with Crippen LogP contribution >= 0.6 is 11.6 Å². The number of anilines is 1. The third-order valence-corrected chi connectivity index (χ3v) is 6.72. The Balaban J connectivity index is 1.67. The van der Waals surface area contributed by atoms with Gasteiger partial charge in [0.25, 0.3) is 0 Å². The first kappa shape index (κ1) is 24.8. The van der Waals surface area contributed by atoms with Gasteiger partial charge in [0.15, 0.2) is 0 Å². The van der Waals surface area contributed by atoms with Crippen LogP contribution in [0.1, 0.15) is 24.4 Å². The van der Waals surface area contributed by atoms with E-state index in [-0.39, 0.29) is 17.0 Å². The Morgan fingerprint density at radius 3 is 2.88 bits per heavy atom. The van der Waals surface area contributed by atoms with E-state index >= 15 is 0 Å². The fourth-order valence-corrected chi connectivity index (χ4v) is 4.64. The molecule has 32 heavy (non-hydrogen) atoms. The van der Waals surface area contributed by atoms with E-state index in [4.69, 9.17) is 16.3 Å². The molecular weight excluding hydrogens is 455 g/mol. The van der Waals surface area contributed by atoms with Crippen LogP contribution in [-0.4, -0.2) is 60.0 Å². The van der Waals surface area contributed by atoms with Crippen molar-refractivity contribution >= 4 is 34.7 Å². The number of nitrogens with one attached hydrogen (secondary N) is 2. The molecular formula is C22H28ClFN4O3S. The summed E-state index contributed by atoms with van der Waals surface area (Å²) in [6, 6.07) is 10.6. The van der Waals surface area contributed by atoms with Crippen LogP contribution in [0.4, 0.5) is 10.1 Å². The molecule has 0 bridgehead atoms. The molecule has 2 aromatic rings. The van der Waals surface area contributed by atoms with Crippen LogP contribution in [0.3, 0.4) is 0 Å². The van der Waals surface area contributed by atoms with Gasteiger partial charge in [-0.15, -0.1) is 4.72 Å². The minimum absolute atomic E-state index is 0.0784. The third-order valence-electron chi connectivity index (χ3n) is 5.17. The molecule has 1 fully saturated rings. The highest BCUT2D eigenvalue weighted by Crippen LogP contribution is 2.30. The summed E-state index contributed by atoms with van der Waals surface area (Å²) >= 11 is 4.24. The lowest BCUT2D eigenvalue weighted by molar-refractivity contribution is -0.120. The molecule has 1 aliphatic rings. The fourth-order valence-electron chi connectivity index (χ4n) is 3.41. The third kappa shape index (κ3) is 6.57. The van der Waals surface area contributed by atoms with Gasteiger partial charge in [0.05, 0.1) is 17.7 Å². The Labute approximate surface area is 196 Å². The first-order chi connectivity index (χ1) is 15.2. The van der Waals surface area contributed by atoms with Gasteiger partial charge in [-0.3, -0.25) is 4.79 Å². The van der Waals surface area contributed by atoms with Crippen molar-refractivity contribution in [3.8, 4) is 5.75 Å².